The van der Waals surface area contributed by atoms with Crippen molar-refractivity contribution in [3.8, 4) is 0 Å². The Morgan fingerprint density at radius 3 is 2.52 bits per heavy atom. The average Bonchev–Trinajstić information content (AvgIpc) is 2.81. The van der Waals surface area contributed by atoms with Crippen molar-refractivity contribution >= 4 is 17.7 Å². The van der Waals surface area contributed by atoms with Crippen LogP contribution >= 0.6 is 0 Å². The Morgan fingerprint density at radius 1 is 1.24 bits per heavy atom. The van der Waals surface area contributed by atoms with Crippen LogP contribution in [0.5, 0.6) is 0 Å². The van der Waals surface area contributed by atoms with Crippen molar-refractivity contribution in [2.45, 2.75) is 33.6 Å². The third-order valence-electron chi connectivity index (χ3n) is 2.74. The third-order valence-corrected chi connectivity index (χ3v) is 2.74. The maximum absolute atomic E-state index is 11.9. The molecule has 0 aliphatic carbocycles. The molecule has 118 valence electrons. The van der Waals surface area contributed by atoms with E-state index in [9.17, 15) is 9.59 Å². The van der Waals surface area contributed by atoms with Crippen LogP contribution in [0, 0.1) is 6.92 Å². The minimum absolute atomic E-state index is 0.0615. The van der Waals surface area contributed by atoms with E-state index in [0.29, 0.717) is 24.7 Å². The Bertz CT molecular complexity index is 459. The molecule has 0 bridgehead atoms. The molecule has 0 spiro atoms. The summed E-state index contributed by atoms with van der Waals surface area (Å²) in [5.74, 6) is 0.0425. The summed E-state index contributed by atoms with van der Waals surface area (Å²) in [5.41, 5.74) is 0.703. The molecule has 2 amide bonds. The maximum atomic E-state index is 11.9. The van der Waals surface area contributed by atoms with Crippen LogP contribution in [0.4, 0.5) is 5.88 Å². The lowest BCUT2D eigenvalue weighted by Gasteiger charge is -2.20. The summed E-state index contributed by atoms with van der Waals surface area (Å²) in [6.45, 7) is 7.49. The molecule has 0 aromatic carbocycles. The minimum Gasteiger partial charge on any atom is -0.355 e. The van der Waals surface area contributed by atoms with E-state index in [-0.39, 0.29) is 24.9 Å². The van der Waals surface area contributed by atoms with Crippen molar-refractivity contribution in [1.29, 1.82) is 0 Å². The normalized spacial score (nSPS) is 10.7. The lowest BCUT2D eigenvalue weighted by Crippen LogP contribution is -2.41. The Balaban J connectivity index is 2.45. The average molecular weight is 296 g/mol. The number of nitrogens with one attached hydrogen (secondary N) is 2. The van der Waals surface area contributed by atoms with E-state index in [1.807, 2.05) is 18.7 Å². The smallest absolute Gasteiger partial charge is 0.240 e. The summed E-state index contributed by atoms with van der Waals surface area (Å²) in [6, 6.07) is 1.65. The summed E-state index contributed by atoms with van der Waals surface area (Å²) in [5, 5.41) is 9.13. The van der Waals surface area contributed by atoms with Gasteiger partial charge in [0.1, 0.15) is 0 Å². The lowest BCUT2D eigenvalue weighted by molar-refractivity contribution is -0.123. The Morgan fingerprint density at radius 2 is 1.95 bits per heavy atom. The van der Waals surface area contributed by atoms with Gasteiger partial charge in [-0.05, 0) is 26.3 Å². The molecular weight excluding hydrogens is 272 g/mol. The fraction of sp³-hybridized carbons (Fsp3) is 0.643. The zero-order chi connectivity index (χ0) is 15.7. The number of anilines is 1. The number of hydrogen-bond acceptors (Lipinski definition) is 5. The van der Waals surface area contributed by atoms with Crippen LogP contribution in [0.2, 0.25) is 0 Å². The molecule has 1 aromatic heterocycles. The first-order valence-electron chi connectivity index (χ1n) is 7.27. The maximum Gasteiger partial charge on any atom is 0.240 e. The fourth-order valence-electron chi connectivity index (χ4n) is 1.86. The fourth-order valence-corrected chi connectivity index (χ4v) is 1.86. The molecule has 2 N–H and O–H groups in total. The molecule has 0 aliphatic rings. The van der Waals surface area contributed by atoms with Crippen LogP contribution in [0.15, 0.2) is 10.6 Å². The van der Waals surface area contributed by atoms with Crippen molar-refractivity contribution in [1.82, 2.24) is 15.4 Å². The molecule has 21 heavy (non-hydrogen) atoms. The second kappa shape index (κ2) is 9.12. The topological polar surface area (TPSA) is 87.5 Å². The summed E-state index contributed by atoms with van der Waals surface area (Å²) < 4.78 is 4.93. The number of hydrogen-bond donors (Lipinski definition) is 2. The highest BCUT2D eigenvalue weighted by molar-refractivity contribution is 5.91. The number of rotatable bonds is 9. The number of carbonyl (C=O) groups excluding carboxylic acids is 2. The second-order valence-electron chi connectivity index (χ2n) is 4.94. The number of carbonyl (C=O) groups is 2. The third kappa shape index (κ3) is 6.89. The van der Waals surface area contributed by atoms with Gasteiger partial charge in [-0.15, -0.1) is 0 Å². The Kier molecular flexibility index (Phi) is 7.45. The Hall–Kier alpha value is -1.89. The van der Waals surface area contributed by atoms with Gasteiger partial charge in [0.25, 0.3) is 0 Å². The van der Waals surface area contributed by atoms with Gasteiger partial charge in [-0.2, -0.15) is 0 Å². The van der Waals surface area contributed by atoms with E-state index in [2.05, 4.69) is 15.8 Å². The van der Waals surface area contributed by atoms with Gasteiger partial charge in [0.15, 0.2) is 0 Å². The van der Waals surface area contributed by atoms with Crippen molar-refractivity contribution in [3.63, 3.8) is 0 Å². The van der Waals surface area contributed by atoms with Crippen molar-refractivity contribution in [2.75, 3.05) is 31.5 Å². The van der Waals surface area contributed by atoms with Crippen LogP contribution in [0.1, 0.15) is 32.4 Å². The van der Waals surface area contributed by atoms with Crippen LogP contribution in [0.3, 0.4) is 0 Å². The lowest BCUT2D eigenvalue weighted by atomic mass is 10.3. The summed E-state index contributed by atoms with van der Waals surface area (Å²) >= 11 is 0. The minimum atomic E-state index is -0.220. The molecular formula is C14H24N4O3. The number of aromatic nitrogens is 1. The predicted molar refractivity (Wildman–Crippen MR) is 79.9 cm³/mol. The molecule has 0 saturated carbocycles. The van der Waals surface area contributed by atoms with Crippen molar-refractivity contribution in [3.05, 3.63) is 11.8 Å². The van der Waals surface area contributed by atoms with Gasteiger partial charge >= 0.3 is 0 Å². The first-order valence-corrected chi connectivity index (χ1v) is 7.27. The van der Waals surface area contributed by atoms with E-state index < -0.39 is 0 Å². The van der Waals surface area contributed by atoms with Crippen LogP contribution < -0.4 is 10.6 Å². The van der Waals surface area contributed by atoms with Gasteiger partial charge in [-0.3, -0.25) is 19.8 Å². The highest BCUT2D eigenvalue weighted by Gasteiger charge is 2.15. The highest BCUT2D eigenvalue weighted by atomic mass is 16.5. The summed E-state index contributed by atoms with van der Waals surface area (Å²) in [6.07, 6.45) is 1.76. The van der Waals surface area contributed by atoms with E-state index in [1.54, 1.807) is 13.0 Å². The van der Waals surface area contributed by atoms with Crippen LogP contribution in [0.25, 0.3) is 0 Å². The number of amides is 2. The molecule has 0 atom stereocenters. The van der Waals surface area contributed by atoms with E-state index >= 15 is 0 Å². The zero-order valence-corrected chi connectivity index (χ0v) is 12.9. The van der Waals surface area contributed by atoms with Gasteiger partial charge in [0, 0.05) is 12.6 Å². The van der Waals surface area contributed by atoms with Crippen LogP contribution in [-0.4, -0.2) is 48.0 Å². The molecule has 0 fully saturated rings. The van der Waals surface area contributed by atoms with Gasteiger partial charge in [-0.25, -0.2) is 0 Å². The molecule has 1 heterocycles. The molecule has 1 rings (SSSR count). The highest BCUT2D eigenvalue weighted by Crippen LogP contribution is 2.08. The molecule has 1 aromatic rings. The summed E-state index contributed by atoms with van der Waals surface area (Å²) in [4.78, 5) is 25.5. The van der Waals surface area contributed by atoms with Gasteiger partial charge in [0.05, 0.1) is 18.8 Å². The Labute approximate surface area is 125 Å². The van der Waals surface area contributed by atoms with Crippen molar-refractivity contribution < 1.29 is 14.1 Å². The molecule has 0 saturated heterocycles. The van der Waals surface area contributed by atoms with E-state index in [0.717, 1.165) is 12.8 Å². The predicted octanol–water partition coefficient (Wildman–Crippen LogP) is 1.16. The summed E-state index contributed by atoms with van der Waals surface area (Å²) in [7, 11) is 0. The molecule has 0 radical (unpaired) electrons. The molecule has 0 unspecified atom stereocenters. The zero-order valence-electron chi connectivity index (χ0n) is 12.9. The number of nitrogens with zero attached hydrogens (tertiary/aromatic N) is 2. The van der Waals surface area contributed by atoms with Gasteiger partial charge < -0.3 is 9.84 Å². The van der Waals surface area contributed by atoms with Crippen LogP contribution in [-0.2, 0) is 9.59 Å². The first kappa shape index (κ1) is 17.2. The SMILES string of the molecule is CCCNC(=O)CN(CCC)CC(=O)Nc1cc(C)no1. The quantitative estimate of drug-likeness (QED) is 0.714. The largest absolute Gasteiger partial charge is 0.355 e. The first-order chi connectivity index (χ1) is 10.0. The van der Waals surface area contributed by atoms with Crippen molar-refractivity contribution in [2.24, 2.45) is 0 Å². The van der Waals surface area contributed by atoms with Gasteiger partial charge in [0.2, 0.25) is 17.7 Å². The molecule has 0 aliphatic heterocycles. The van der Waals surface area contributed by atoms with Gasteiger partial charge in [-0.1, -0.05) is 19.0 Å². The monoisotopic (exact) mass is 296 g/mol. The number of aryl methyl sites for hydroxylation is 1. The van der Waals surface area contributed by atoms with E-state index in [4.69, 9.17) is 4.52 Å². The second-order valence-corrected chi connectivity index (χ2v) is 4.94. The molecule has 7 nitrogen and oxygen atoms in total. The standard InChI is InChI=1S/C14H24N4O3/c1-4-6-15-12(19)9-18(7-5-2)10-13(20)16-14-8-11(3)17-21-14/h8H,4-7,9-10H2,1-3H3,(H,15,19)(H,16,20). The van der Waals surface area contributed by atoms with E-state index in [1.165, 1.54) is 0 Å². The molecule has 7 heteroatoms.